The molecule has 1 heterocycles. The topological polar surface area (TPSA) is 62.7 Å². The number of halogens is 3. The molecule has 0 aliphatic carbocycles. The molecule has 6 heteroatoms. The van der Waals surface area contributed by atoms with Gasteiger partial charge in [0.05, 0.1) is 40.1 Å². The highest BCUT2D eigenvalue weighted by atomic mass is 79.9. The second-order valence-corrected chi connectivity index (χ2v) is 3.32. The zero-order chi connectivity index (χ0) is 10.7. The monoisotopic (exact) mass is 261 g/mol. The molecule has 2 N–H and O–H groups in total. The average molecular weight is 262 g/mol. The lowest BCUT2D eigenvalue weighted by atomic mass is 10.1. The first kappa shape index (κ1) is 10.9. The zero-order valence-electron chi connectivity index (χ0n) is 6.97. The van der Waals surface area contributed by atoms with Gasteiger partial charge >= 0.3 is 0 Å². The van der Waals surface area contributed by atoms with E-state index in [2.05, 4.69) is 20.9 Å². The summed E-state index contributed by atoms with van der Waals surface area (Å²) in [7, 11) is 0. The fourth-order valence-electron chi connectivity index (χ4n) is 0.993. The molecule has 0 unspecified atom stereocenters. The number of alkyl halides is 2. The van der Waals surface area contributed by atoms with Crippen molar-refractivity contribution in [3.8, 4) is 6.07 Å². The van der Waals surface area contributed by atoms with E-state index in [9.17, 15) is 8.78 Å². The van der Waals surface area contributed by atoms with Crippen LogP contribution >= 0.6 is 15.9 Å². The van der Waals surface area contributed by atoms with Gasteiger partial charge in [-0.3, -0.25) is 4.98 Å². The Morgan fingerprint density at radius 2 is 2.29 bits per heavy atom. The molecule has 0 fully saturated rings. The Bertz CT molecular complexity index is 387. The van der Waals surface area contributed by atoms with Crippen LogP contribution in [0.15, 0.2) is 10.7 Å². The van der Waals surface area contributed by atoms with E-state index in [0.717, 1.165) is 0 Å². The molecule has 74 valence electrons. The van der Waals surface area contributed by atoms with Gasteiger partial charge in [-0.1, -0.05) is 0 Å². The average Bonchev–Trinajstić information content (AvgIpc) is 2.11. The summed E-state index contributed by atoms with van der Waals surface area (Å²) in [6, 6.07) is 1.77. The molecule has 0 aliphatic heterocycles. The Kier molecular flexibility index (Phi) is 3.36. The van der Waals surface area contributed by atoms with Crippen molar-refractivity contribution in [3.63, 3.8) is 0 Å². The van der Waals surface area contributed by atoms with Crippen LogP contribution in [-0.2, 0) is 6.42 Å². The number of rotatable bonds is 2. The van der Waals surface area contributed by atoms with Crippen molar-refractivity contribution in [1.29, 1.82) is 5.26 Å². The minimum Gasteiger partial charge on any atom is -0.397 e. The van der Waals surface area contributed by atoms with E-state index in [1.165, 1.54) is 6.20 Å². The highest BCUT2D eigenvalue weighted by Crippen LogP contribution is 2.33. The minimum atomic E-state index is -2.69. The second kappa shape index (κ2) is 4.33. The number of nitrogens with two attached hydrogens (primary N) is 1. The Hall–Kier alpha value is -1.22. The molecule has 1 aromatic heterocycles. The van der Waals surface area contributed by atoms with E-state index in [-0.39, 0.29) is 27.8 Å². The lowest BCUT2D eigenvalue weighted by molar-refractivity contribution is 0.149. The third kappa shape index (κ3) is 1.99. The molecule has 0 aromatic carbocycles. The number of aromatic nitrogens is 1. The van der Waals surface area contributed by atoms with Gasteiger partial charge in [-0.25, -0.2) is 8.78 Å². The van der Waals surface area contributed by atoms with Crippen LogP contribution in [0.25, 0.3) is 0 Å². The van der Waals surface area contributed by atoms with Crippen molar-refractivity contribution >= 4 is 21.6 Å². The van der Waals surface area contributed by atoms with Crippen LogP contribution in [0.2, 0.25) is 0 Å². The quantitative estimate of drug-likeness (QED) is 0.890. The summed E-state index contributed by atoms with van der Waals surface area (Å²) in [5.74, 6) is 0. The predicted octanol–water partition coefficient (Wildman–Crippen LogP) is 2.43. The zero-order valence-corrected chi connectivity index (χ0v) is 8.55. The molecule has 14 heavy (non-hydrogen) atoms. The van der Waals surface area contributed by atoms with Crippen molar-refractivity contribution in [2.45, 2.75) is 12.8 Å². The van der Waals surface area contributed by atoms with E-state index in [1.807, 2.05) is 0 Å². The van der Waals surface area contributed by atoms with Gasteiger partial charge in [0, 0.05) is 0 Å². The summed E-state index contributed by atoms with van der Waals surface area (Å²) in [4.78, 5) is 3.69. The largest absolute Gasteiger partial charge is 0.397 e. The Labute approximate surface area is 87.7 Å². The number of pyridine rings is 1. The van der Waals surface area contributed by atoms with Crippen LogP contribution < -0.4 is 5.73 Å². The minimum absolute atomic E-state index is 0.0589. The highest BCUT2D eigenvalue weighted by molar-refractivity contribution is 9.10. The maximum atomic E-state index is 12.6. The van der Waals surface area contributed by atoms with Crippen molar-refractivity contribution in [3.05, 3.63) is 21.9 Å². The lowest BCUT2D eigenvalue weighted by Crippen LogP contribution is -2.02. The summed E-state index contributed by atoms with van der Waals surface area (Å²) >= 11 is 2.95. The number of nitriles is 1. The molecule has 3 nitrogen and oxygen atoms in total. The van der Waals surface area contributed by atoms with Crippen molar-refractivity contribution < 1.29 is 8.78 Å². The maximum absolute atomic E-state index is 12.6. The van der Waals surface area contributed by atoms with E-state index >= 15 is 0 Å². The first-order valence-electron chi connectivity index (χ1n) is 3.65. The van der Waals surface area contributed by atoms with Gasteiger partial charge in [0.1, 0.15) is 0 Å². The maximum Gasteiger partial charge on any atom is 0.266 e. The van der Waals surface area contributed by atoms with Crippen LogP contribution in [0, 0.1) is 11.3 Å². The summed E-state index contributed by atoms with van der Waals surface area (Å²) in [6.45, 7) is 0. The normalized spacial score (nSPS) is 10.2. The van der Waals surface area contributed by atoms with Gasteiger partial charge in [-0.15, -0.1) is 0 Å². The smallest absolute Gasteiger partial charge is 0.266 e. The van der Waals surface area contributed by atoms with E-state index in [4.69, 9.17) is 11.0 Å². The number of nitrogens with zero attached hydrogens (tertiary/aromatic N) is 2. The Balaban J connectivity index is 3.31. The first-order valence-corrected chi connectivity index (χ1v) is 4.45. The summed E-state index contributed by atoms with van der Waals surface area (Å²) < 4.78 is 25.2. The molecule has 0 amide bonds. The van der Waals surface area contributed by atoms with Gasteiger partial charge in [0.2, 0.25) is 0 Å². The molecule has 1 aromatic rings. The molecule has 0 atom stereocenters. The molecule has 0 saturated heterocycles. The van der Waals surface area contributed by atoms with Crippen LogP contribution in [-0.4, -0.2) is 4.98 Å². The van der Waals surface area contributed by atoms with Crippen LogP contribution in [0.4, 0.5) is 14.5 Å². The van der Waals surface area contributed by atoms with E-state index in [0.29, 0.717) is 0 Å². The van der Waals surface area contributed by atoms with E-state index in [1.54, 1.807) is 6.07 Å². The van der Waals surface area contributed by atoms with Crippen LogP contribution in [0.1, 0.15) is 17.7 Å². The molecule has 0 spiro atoms. The van der Waals surface area contributed by atoms with Gasteiger partial charge in [0.15, 0.2) is 0 Å². The number of hydrogen-bond donors (Lipinski definition) is 1. The van der Waals surface area contributed by atoms with Gasteiger partial charge in [0.25, 0.3) is 6.43 Å². The van der Waals surface area contributed by atoms with Crippen LogP contribution in [0.5, 0.6) is 0 Å². The lowest BCUT2D eigenvalue weighted by Gasteiger charge is -2.09. The molecule has 0 bridgehead atoms. The molecular weight excluding hydrogens is 256 g/mol. The van der Waals surface area contributed by atoms with Crippen molar-refractivity contribution in [2.75, 3.05) is 5.73 Å². The third-order valence-electron chi connectivity index (χ3n) is 1.63. The number of nitrogen functional groups attached to an aromatic ring is 1. The van der Waals surface area contributed by atoms with Gasteiger partial charge < -0.3 is 5.73 Å². The van der Waals surface area contributed by atoms with Crippen molar-refractivity contribution in [2.24, 2.45) is 0 Å². The number of hydrogen-bond acceptors (Lipinski definition) is 3. The fraction of sp³-hybridized carbons (Fsp3) is 0.250. The van der Waals surface area contributed by atoms with Crippen molar-refractivity contribution in [1.82, 2.24) is 4.98 Å². The second-order valence-electron chi connectivity index (χ2n) is 2.52. The molecular formula is C8H6BrF2N3. The molecule has 1 rings (SSSR count). The molecule has 0 saturated carbocycles. The summed E-state index contributed by atoms with van der Waals surface area (Å²) in [5.41, 5.74) is 5.30. The Morgan fingerprint density at radius 1 is 1.64 bits per heavy atom. The first-order chi connectivity index (χ1) is 6.57. The highest BCUT2D eigenvalue weighted by Gasteiger charge is 2.19. The fourth-order valence-corrected chi connectivity index (χ4v) is 1.50. The summed E-state index contributed by atoms with van der Waals surface area (Å²) in [6.07, 6.45) is -1.59. The third-order valence-corrected chi connectivity index (χ3v) is 2.51. The molecule has 0 aliphatic rings. The van der Waals surface area contributed by atoms with Crippen LogP contribution in [0.3, 0.4) is 0 Å². The Morgan fingerprint density at radius 3 is 2.79 bits per heavy atom. The standard InChI is InChI=1S/C8H6BrF2N3/c9-7-4(13)3-14-5(1-2-12)6(7)8(10)11/h3,8H,1,13H2. The SMILES string of the molecule is N#CCc1ncc(N)c(Br)c1C(F)F. The van der Waals surface area contributed by atoms with Gasteiger partial charge in [-0.2, -0.15) is 5.26 Å². The number of anilines is 1. The van der Waals surface area contributed by atoms with E-state index < -0.39 is 6.43 Å². The predicted molar refractivity (Wildman–Crippen MR) is 50.6 cm³/mol. The summed E-state index contributed by atoms with van der Waals surface area (Å²) in [5, 5.41) is 8.40. The molecule has 0 radical (unpaired) electrons. The van der Waals surface area contributed by atoms with Gasteiger partial charge in [-0.05, 0) is 15.9 Å².